The first-order valence-electron chi connectivity index (χ1n) is 7.61. The Balaban J connectivity index is 1.68. The van der Waals surface area contributed by atoms with Crippen molar-refractivity contribution in [3.63, 3.8) is 0 Å². The van der Waals surface area contributed by atoms with Crippen LogP contribution in [0.2, 0.25) is 0 Å². The van der Waals surface area contributed by atoms with E-state index in [1.807, 2.05) is 17.5 Å². The largest absolute Gasteiger partial charge is 0.444 e. The van der Waals surface area contributed by atoms with E-state index in [4.69, 9.17) is 4.42 Å². The number of carbonyl (C=O) groups excluding carboxylic acids is 1. The van der Waals surface area contributed by atoms with Gasteiger partial charge in [0.1, 0.15) is 6.26 Å². The molecule has 1 aliphatic rings. The summed E-state index contributed by atoms with van der Waals surface area (Å²) in [5.41, 5.74) is 0.642. The van der Waals surface area contributed by atoms with Gasteiger partial charge in [0.2, 0.25) is 11.8 Å². The van der Waals surface area contributed by atoms with Crippen LogP contribution in [0.5, 0.6) is 0 Å². The fourth-order valence-electron chi connectivity index (χ4n) is 2.93. The predicted octanol–water partition coefficient (Wildman–Crippen LogP) is 2.71. The van der Waals surface area contributed by atoms with Crippen LogP contribution in [0.25, 0.3) is 10.8 Å². The Bertz CT molecular complexity index is 621. The maximum Gasteiger partial charge on any atom is 0.236 e. The molecule has 1 N–H and O–H groups in total. The molecule has 0 radical (unpaired) electrons. The van der Waals surface area contributed by atoms with Crippen LogP contribution in [0.15, 0.2) is 28.2 Å². The summed E-state index contributed by atoms with van der Waals surface area (Å²) in [5.74, 6) is 0.570. The molecule has 3 heterocycles. The van der Waals surface area contributed by atoms with Crippen molar-refractivity contribution < 1.29 is 14.3 Å². The SMILES string of the molecule is CC(O)C1CCCCN1C(=O)Cc1coc(-c2cccs2)n1. The molecule has 22 heavy (non-hydrogen) atoms. The molecule has 5 nitrogen and oxygen atoms in total. The Morgan fingerprint density at radius 3 is 3.18 bits per heavy atom. The Morgan fingerprint density at radius 2 is 2.45 bits per heavy atom. The number of oxazole rings is 1. The van der Waals surface area contributed by atoms with E-state index >= 15 is 0 Å². The van der Waals surface area contributed by atoms with Crippen molar-refractivity contribution in [1.29, 1.82) is 0 Å². The molecule has 0 spiro atoms. The number of likely N-dealkylation sites (tertiary alicyclic amines) is 1. The molecule has 0 saturated carbocycles. The Kier molecular flexibility index (Phi) is 4.59. The molecule has 1 saturated heterocycles. The van der Waals surface area contributed by atoms with Gasteiger partial charge in [0.15, 0.2) is 0 Å². The van der Waals surface area contributed by atoms with E-state index in [1.165, 1.54) is 0 Å². The number of piperidine rings is 1. The maximum absolute atomic E-state index is 12.5. The highest BCUT2D eigenvalue weighted by molar-refractivity contribution is 7.13. The van der Waals surface area contributed by atoms with Crippen LogP contribution in [-0.4, -0.2) is 39.6 Å². The summed E-state index contributed by atoms with van der Waals surface area (Å²) >= 11 is 1.56. The molecule has 6 heteroatoms. The average molecular weight is 320 g/mol. The van der Waals surface area contributed by atoms with Crippen molar-refractivity contribution in [2.45, 2.75) is 44.8 Å². The van der Waals surface area contributed by atoms with E-state index in [1.54, 1.807) is 29.4 Å². The molecule has 0 aliphatic carbocycles. The van der Waals surface area contributed by atoms with E-state index < -0.39 is 6.10 Å². The monoisotopic (exact) mass is 320 g/mol. The predicted molar refractivity (Wildman–Crippen MR) is 84.6 cm³/mol. The third-order valence-electron chi connectivity index (χ3n) is 4.04. The average Bonchev–Trinajstić information content (AvgIpc) is 3.17. The molecule has 1 aliphatic heterocycles. The molecular formula is C16H20N2O3S. The minimum absolute atomic E-state index is 0.0108. The number of rotatable bonds is 4. The smallest absolute Gasteiger partial charge is 0.236 e. The third kappa shape index (κ3) is 3.23. The molecule has 1 fully saturated rings. The van der Waals surface area contributed by atoms with Crippen LogP contribution in [0.3, 0.4) is 0 Å². The minimum atomic E-state index is -0.497. The molecule has 1 amide bonds. The van der Waals surface area contributed by atoms with Crippen LogP contribution in [0.1, 0.15) is 31.9 Å². The molecular weight excluding hydrogens is 300 g/mol. The van der Waals surface area contributed by atoms with E-state index in [-0.39, 0.29) is 18.4 Å². The van der Waals surface area contributed by atoms with Gasteiger partial charge in [-0.1, -0.05) is 6.07 Å². The molecule has 2 unspecified atom stereocenters. The lowest BCUT2D eigenvalue weighted by molar-refractivity contribution is -0.137. The number of aromatic nitrogens is 1. The number of hydrogen-bond donors (Lipinski definition) is 1. The molecule has 2 atom stereocenters. The summed E-state index contributed by atoms with van der Waals surface area (Å²) in [4.78, 5) is 19.7. The molecule has 0 aromatic carbocycles. The second-order valence-corrected chi connectivity index (χ2v) is 6.64. The van der Waals surface area contributed by atoms with Crippen molar-refractivity contribution in [1.82, 2.24) is 9.88 Å². The lowest BCUT2D eigenvalue weighted by Gasteiger charge is -2.37. The summed E-state index contributed by atoms with van der Waals surface area (Å²) in [5, 5.41) is 11.8. The first-order chi connectivity index (χ1) is 10.6. The lowest BCUT2D eigenvalue weighted by atomic mass is 9.97. The van der Waals surface area contributed by atoms with Crippen LogP contribution in [-0.2, 0) is 11.2 Å². The Hall–Kier alpha value is -1.66. The van der Waals surface area contributed by atoms with Crippen LogP contribution < -0.4 is 0 Å². The summed E-state index contributed by atoms with van der Waals surface area (Å²) in [7, 11) is 0. The highest BCUT2D eigenvalue weighted by Crippen LogP contribution is 2.25. The number of aliphatic hydroxyl groups is 1. The van der Waals surface area contributed by atoms with Gasteiger partial charge in [-0.2, -0.15) is 0 Å². The van der Waals surface area contributed by atoms with E-state index in [0.29, 0.717) is 18.1 Å². The zero-order valence-corrected chi connectivity index (χ0v) is 13.4. The topological polar surface area (TPSA) is 66.6 Å². The minimum Gasteiger partial charge on any atom is -0.444 e. The van der Waals surface area contributed by atoms with Crippen LogP contribution in [0.4, 0.5) is 0 Å². The number of carbonyl (C=O) groups is 1. The van der Waals surface area contributed by atoms with E-state index in [2.05, 4.69) is 4.98 Å². The van der Waals surface area contributed by atoms with Gasteiger partial charge in [0, 0.05) is 6.54 Å². The number of aliphatic hydroxyl groups excluding tert-OH is 1. The highest BCUT2D eigenvalue weighted by Gasteiger charge is 2.30. The Labute approximate surface area is 133 Å². The number of hydrogen-bond acceptors (Lipinski definition) is 5. The highest BCUT2D eigenvalue weighted by atomic mass is 32.1. The molecule has 2 aromatic rings. The summed E-state index contributed by atoms with van der Waals surface area (Å²) in [6.07, 6.45) is 4.19. The first kappa shape index (κ1) is 15.2. The van der Waals surface area contributed by atoms with Gasteiger partial charge in [0.25, 0.3) is 0 Å². The summed E-state index contributed by atoms with van der Waals surface area (Å²) in [6, 6.07) is 3.80. The van der Waals surface area contributed by atoms with Crippen molar-refractivity contribution >= 4 is 17.2 Å². The van der Waals surface area contributed by atoms with Crippen LogP contribution in [0, 0.1) is 0 Å². The zero-order valence-electron chi connectivity index (χ0n) is 12.6. The summed E-state index contributed by atoms with van der Waals surface area (Å²) < 4.78 is 5.45. The maximum atomic E-state index is 12.5. The normalized spacial score (nSPS) is 20.1. The van der Waals surface area contributed by atoms with Crippen molar-refractivity contribution in [2.75, 3.05) is 6.54 Å². The second kappa shape index (κ2) is 6.62. The lowest BCUT2D eigenvalue weighted by Crippen LogP contribution is -2.49. The summed E-state index contributed by atoms with van der Waals surface area (Å²) in [6.45, 7) is 2.46. The van der Waals surface area contributed by atoms with Crippen molar-refractivity contribution in [3.05, 3.63) is 29.5 Å². The molecule has 118 valence electrons. The fraction of sp³-hybridized carbons (Fsp3) is 0.500. The van der Waals surface area contributed by atoms with Gasteiger partial charge >= 0.3 is 0 Å². The fourth-order valence-corrected chi connectivity index (χ4v) is 3.58. The number of amides is 1. The van der Waals surface area contributed by atoms with Gasteiger partial charge in [0.05, 0.1) is 29.1 Å². The van der Waals surface area contributed by atoms with Crippen molar-refractivity contribution in [3.8, 4) is 10.8 Å². The number of thiophene rings is 1. The first-order valence-corrected chi connectivity index (χ1v) is 8.49. The molecule has 0 bridgehead atoms. The van der Waals surface area contributed by atoms with Gasteiger partial charge in [-0.05, 0) is 37.6 Å². The van der Waals surface area contributed by atoms with Crippen molar-refractivity contribution in [2.24, 2.45) is 0 Å². The van der Waals surface area contributed by atoms with E-state index in [9.17, 15) is 9.90 Å². The van der Waals surface area contributed by atoms with Gasteiger partial charge in [-0.25, -0.2) is 4.98 Å². The number of nitrogens with zero attached hydrogens (tertiary/aromatic N) is 2. The zero-order chi connectivity index (χ0) is 15.5. The van der Waals surface area contributed by atoms with Gasteiger partial charge in [-0.15, -0.1) is 11.3 Å². The van der Waals surface area contributed by atoms with E-state index in [0.717, 1.165) is 24.1 Å². The quantitative estimate of drug-likeness (QED) is 0.940. The molecule has 3 rings (SSSR count). The second-order valence-electron chi connectivity index (χ2n) is 5.69. The molecule has 2 aromatic heterocycles. The Morgan fingerprint density at radius 1 is 1.59 bits per heavy atom. The van der Waals surface area contributed by atoms with Gasteiger partial charge in [-0.3, -0.25) is 4.79 Å². The van der Waals surface area contributed by atoms with Gasteiger partial charge < -0.3 is 14.4 Å². The standard InChI is InChI=1S/C16H20N2O3S/c1-11(19)13-5-2-3-7-18(13)15(20)9-12-10-21-16(17-12)14-6-4-8-22-14/h4,6,8,10-11,13,19H,2-3,5,7,9H2,1H3. The third-order valence-corrected chi connectivity index (χ3v) is 4.90. The van der Waals surface area contributed by atoms with Crippen LogP contribution >= 0.6 is 11.3 Å².